The van der Waals surface area contributed by atoms with E-state index in [1.54, 1.807) is 91.0 Å². The maximum Gasteiger partial charge on any atom is 0.364 e. The highest BCUT2D eigenvalue weighted by atomic mass is 32.2. The predicted molar refractivity (Wildman–Crippen MR) is 355 cm³/mol. The number of ether oxygens (including phenoxy) is 5. The molecule has 0 amide bonds. The fourth-order valence-corrected chi connectivity index (χ4v) is 16.5. The molecule has 0 spiro atoms. The molecule has 97 heavy (non-hydrogen) atoms. The SMILES string of the molecule is O=C1Oc2nc1c(-c1ccc(S[C@@H]3O[C@H](CO)[C@@H](O)[C@H](O)[C@H]3O)cc1)c1ccc([nH]1)c(-c1ccc(S[C@@H]3O[C@H](CO)[C@@H](O)[C@H](O)[C@H]3O)cc1)c1nc(c(-c3ccc(S[C@@H]4O[C@H](CO)[C@@H](O)[C@H](O)[C@H]4O)cc3)c3ccc([nH]3)c2-c2ccc(S[C@@H]3O[C@H](CO)[C@@H](O)[C@H](O)[C@H]3O)cc2)C=C1. The van der Waals surface area contributed by atoms with Crippen molar-refractivity contribution in [1.82, 2.24) is 19.9 Å². The van der Waals surface area contributed by atoms with Gasteiger partial charge in [-0.3, -0.25) is 0 Å². The van der Waals surface area contributed by atoms with E-state index in [9.17, 15) is 86.5 Å². The van der Waals surface area contributed by atoms with E-state index in [-0.39, 0.29) is 17.1 Å². The van der Waals surface area contributed by atoms with Crippen molar-refractivity contribution < 1.29 is 110 Å². The van der Waals surface area contributed by atoms with Crippen LogP contribution in [-0.2, 0) is 18.9 Å². The Morgan fingerprint density at radius 1 is 0.330 bits per heavy atom. The standard InChI is InChI=1S/C67H68N4O22S4/c72-23-41-50(76)54(80)58(84)64(89-41)94-31-9-1-27(2-10-31)45-35-17-18-36(68-35)46(28-3-11-32(12-4-28)95-65-59(85)55(81)51(77)42(24-73)90-65)38-20-22-40(70-38)48(30-7-15-34(16-8-30)97-67-61(87)57(83)53(79)44(26-75)92-67)62-71-49(63(88)93-62)47(39-21-19-37(45)69-39)29-5-13-33(14-6-29)96-66-60(86)56(82)52(78)43(25-74)91-66/h1-22,41-44,50-61,64-67,69-70,72-87H,23-26H2/t41-,42-,43-,44-,50-,51-,52-,53-,54+,55+,56+,57+,58-,59-,60-,61-,64+,65+,66+,67+/m1/s1. The first-order valence-corrected chi connectivity index (χ1v) is 34.3. The largest absolute Gasteiger partial charge is 0.402 e. The summed E-state index contributed by atoms with van der Waals surface area (Å²) in [5.74, 6) is -0.982. The van der Waals surface area contributed by atoms with Crippen molar-refractivity contribution in [2.75, 3.05) is 26.4 Å². The Kier molecular flexibility index (Phi) is 20.8. The number of carbonyl (C=O) groups excluding carboxylic acids is 1. The van der Waals surface area contributed by atoms with Gasteiger partial charge in [-0.05, 0) is 107 Å². The second kappa shape index (κ2) is 29.2. The molecule has 4 fully saturated rings. The molecule has 6 aliphatic rings. The number of hydrogen-bond acceptors (Lipinski definition) is 28. The molecule has 6 aliphatic heterocycles. The number of aliphatic hydroxyl groups is 16. The van der Waals surface area contributed by atoms with Gasteiger partial charge in [0, 0.05) is 52.8 Å². The van der Waals surface area contributed by atoms with Gasteiger partial charge in [-0.25, -0.2) is 14.8 Å². The summed E-state index contributed by atoms with van der Waals surface area (Å²) in [5, 5.41) is 168. The first-order chi connectivity index (χ1) is 46.7. The number of nitrogens with zero attached hydrogens (tertiary/aromatic N) is 2. The monoisotopic (exact) mass is 1410 g/mol. The zero-order chi connectivity index (χ0) is 68.2. The topological polar surface area (TPSA) is 444 Å². The third-order valence-corrected chi connectivity index (χ3v) is 22.3. The molecule has 26 nitrogen and oxygen atoms in total. The summed E-state index contributed by atoms with van der Waals surface area (Å²) < 4.78 is 29.5. The number of aromatic amines is 2. The van der Waals surface area contributed by atoms with E-state index in [4.69, 9.17) is 33.7 Å². The number of rotatable bonds is 16. The van der Waals surface area contributed by atoms with Gasteiger partial charge in [-0.2, -0.15) is 0 Å². The van der Waals surface area contributed by atoms with Gasteiger partial charge in [-0.15, -0.1) is 0 Å². The van der Waals surface area contributed by atoms with Gasteiger partial charge in [0.05, 0.1) is 48.9 Å². The smallest absolute Gasteiger partial charge is 0.364 e. The number of hydrogen-bond donors (Lipinski definition) is 18. The normalized spacial score (nSPS) is 31.3. The predicted octanol–water partition coefficient (Wildman–Crippen LogP) is 1.94. The molecule has 9 heterocycles. The molecule has 0 unspecified atom stereocenters. The Morgan fingerprint density at radius 3 is 0.897 bits per heavy atom. The molecule has 7 aromatic rings. The molecule has 13 rings (SSSR count). The highest BCUT2D eigenvalue weighted by Crippen LogP contribution is 2.45. The minimum absolute atomic E-state index is 0.132. The van der Waals surface area contributed by atoms with Crippen molar-refractivity contribution in [3.8, 4) is 50.4 Å². The van der Waals surface area contributed by atoms with Crippen molar-refractivity contribution in [1.29, 1.82) is 0 Å². The summed E-state index contributed by atoms with van der Waals surface area (Å²) in [6.07, 6.45) is -19.6. The number of carbonyl (C=O) groups is 1. The molecule has 0 aliphatic carbocycles. The van der Waals surface area contributed by atoms with E-state index < -0.39 is 152 Å². The first-order valence-electron chi connectivity index (χ1n) is 30.7. The van der Waals surface area contributed by atoms with Crippen LogP contribution < -0.4 is 4.74 Å². The molecule has 0 radical (unpaired) electrons. The Bertz CT molecular complexity index is 4180. The van der Waals surface area contributed by atoms with Gasteiger partial charge in [0.25, 0.3) is 0 Å². The zero-order valence-electron chi connectivity index (χ0n) is 50.7. The average Bonchev–Trinajstić information content (AvgIpc) is 1.62. The summed E-state index contributed by atoms with van der Waals surface area (Å²) >= 11 is 4.21. The van der Waals surface area contributed by atoms with Gasteiger partial charge in [0.15, 0.2) is 5.69 Å². The molecule has 8 bridgehead atoms. The molecule has 512 valence electrons. The summed E-state index contributed by atoms with van der Waals surface area (Å²) in [7, 11) is 0. The Balaban J connectivity index is 0.991. The van der Waals surface area contributed by atoms with E-state index in [1.165, 1.54) is 0 Å². The lowest BCUT2D eigenvalue weighted by molar-refractivity contribution is -0.205. The molecule has 3 aromatic heterocycles. The fourth-order valence-electron chi connectivity index (χ4n) is 12.3. The van der Waals surface area contributed by atoms with E-state index in [0.29, 0.717) is 92.0 Å². The summed E-state index contributed by atoms with van der Waals surface area (Å²) in [6.45, 7) is -2.46. The lowest BCUT2D eigenvalue weighted by Gasteiger charge is -2.39. The Hall–Kier alpha value is -6.19. The molecular weight excluding hydrogens is 1340 g/mol. The number of aliphatic hydroxyl groups excluding tert-OH is 16. The molecule has 30 heteroatoms. The molecule has 0 saturated carbocycles. The van der Waals surface area contributed by atoms with Crippen LogP contribution in [0.5, 0.6) is 5.88 Å². The molecule has 4 aromatic carbocycles. The van der Waals surface area contributed by atoms with Crippen LogP contribution in [0, 0.1) is 0 Å². The number of thioether (sulfide) groups is 4. The van der Waals surface area contributed by atoms with Crippen molar-refractivity contribution in [3.05, 3.63) is 138 Å². The van der Waals surface area contributed by atoms with Crippen LogP contribution >= 0.6 is 47.0 Å². The van der Waals surface area contributed by atoms with E-state index in [2.05, 4.69) is 9.97 Å². The molecule has 20 atom stereocenters. The van der Waals surface area contributed by atoms with E-state index in [1.807, 2.05) is 42.5 Å². The lowest BCUT2D eigenvalue weighted by atomic mass is 10.0. The number of H-pyrrole nitrogens is 2. The number of aromatic nitrogens is 4. The summed E-state index contributed by atoms with van der Waals surface area (Å²) in [5.41, 5.74) is 2.08. The third-order valence-electron chi connectivity index (χ3n) is 17.6. The van der Waals surface area contributed by atoms with Crippen LogP contribution in [0.3, 0.4) is 0 Å². The van der Waals surface area contributed by atoms with Crippen LogP contribution in [0.2, 0.25) is 0 Å². The number of nitrogens with one attached hydrogen (secondary N) is 2. The average molecular weight is 1410 g/mol. The molecule has 4 saturated heterocycles. The summed E-state index contributed by atoms with van der Waals surface area (Å²) in [6, 6.07) is 35.2. The number of benzene rings is 4. The van der Waals surface area contributed by atoms with Gasteiger partial charge >= 0.3 is 5.97 Å². The fraction of sp³-hybridized carbons (Fsp3) is 0.358. The second-order valence-electron chi connectivity index (χ2n) is 23.8. The Labute approximate surface area is 568 Å². The van der Waals surface area contributed by atoms with E-state index >= 15 is 0 Å². The van der Waals surface area contributed by atoms with Crippen LogP contribution in [0.15, 0.2) is 141 Å². The van der Waals surface area contributed by atoms with Crippen LogP contribution in [-0.4, -0.2) is 253 Å². The van der Waals surface area contributed by atoms with Crippen LogP contribution in [0.1, 0.15) is 21.9 Å². The second-order valence-corrected chi connectivity index (χ2v) is 28.5. The van der Waals surface area contributed by atoms with Crippen molar-refractivity contribution in [2.24, 2.45) is 0 Å². The van der Waals surface area contributed by atoms with Gasteiger partial charge < -0.3 is 115 Å². The summed E-state index contributed by atoms with van der Waals surface area (Å²) in [4.78, 5) is 34.7. The molecular formula is C67H68N4O22S4. The van der Waals surface area contributed by atoms with Crippen LogP contribution in [0.25, 0.3) is 78.7 Å². The Morgan fingerprint density at radius 2 is 0.598 bits per heavy atom. The van der Waals surface area contributed by atoms with Gasteiger partial charge in [-0.1, -0.05) is 95.6 Å². The van der Waals surface area contributed by atoms with Crippen molar-refractivity contribution in [3.63, 3.8) is 0 Å². The van der Waals surface area contributed by atoms with Gasteiger partial charge in [0.1, 0.15) is 119 Å². The number of esters is 1. The van der Waals surface area contributed by atoms with Crippen LogP contribution in [0.4, 0.5) is 0 Å². The maximum absolute atomic E-state index is 15.0. The minimum atomic E-state index is -1.62. The van der Waals surface area contributed by atoms with Crippen molar-refractivity contribution >= 4 is 87.2 Å². The number of fused-ring (bicyclic) bond motifs is 8. The molecule has 18 N–H and O–H groups in total. The highest BCUT2D eigenvalue weighted by molar-refractivity contribution is 8.00. The minimum Gasteiger partial charge on any atom is -0.402 e. The maximum atomic E-state index is 15.0. The first kappa shape index (κ1) is 69.3. The van der Waals surface area contributed by atoms with Crippen molar-refractivity contribution in [2.45, 2.75) is 139 Å². The zero-order valence-corrected chi connectivity index (χ0v) is 54.0. The highest BCUT2D eigenvalue weighted by Gasteiger charge is 2.47. The van der Waals surface area contributed by atoms with Gasteiger partial charge in [0.2, 0.25) is 5.88 Å². The van der Waals surface area contributed by atoms with E-state index in [0.717, 1.165) is 47.0 Å². The lowest BCUT2D eigenvalue weighted by Crippen LogP contribution is -2.57. The quantitative estimate of drug-likeness (QED) is 0.0615. The third kappa shape index (κ3) is 13.7.